The van der Waals surface area contributed by atoms with Crippen molar-refractivity contribution in [2.24, 2.45) is 5.84 Å². The first-order valence-corrected chi connectivity index (χ1v) is 7.06. The van der Waals surface area contributed by atoms with Gasteiger partial charge in [-0.05, 0) is 26.2 Å². The lowest BCUT2D eigenvalue weighted by Gasteiger charge is -2.42. The molecule has 1 saturated carbocycles. The fourth-order valence-electron chi connectivity index (χ4n) is 2.29. The summed E-state index contributed by atoms with van der Waals surface area (Å²) >= 11 is 0. The van der Waals surface area contributed by atoms with Gasteiger partial charge < -0.3 is 15.8 Å². The minimum atomic E-state index is -0.236. The molecule has 0 radical (unpaired) electrons. The standard InChI is InChI=1S/C14H25N5O/c1-9-10(18-14(8-20)6-5-7-14)16-12(13(2,3)4)17-11(9)19-15/h20H,5-8,15H2,1-4H3,(H2,16,17,18,19). The average molecular weight is 279 g/mol. The van der Waals surface area contributed by atoms with E-state index in [4.69, 9.17) is 5.84 Å². The molecule has 0 unspecified atom stereocenters. The summed E-state index contributed by atoms with van der Waals surface area (Å²) < 4.78 is 0. The van der Waals surface area contributed by atoms with Gasteiger partial charge in [0.05, 0.1) is 12.1 Å². The van der Waals surface area contributed by atoms with E-state index in [2.05, 4.69) is 41.5 Å². The summed E-state index contributed by atoms with van der Waals surface area (Å²) in [5.41, 5.74) is 3.11. The van der Waals surface area contributed by atoms with Gasteiger partial charge in [-0.25, -0.2) is 15.8 Å². The third-order valence-corrected chi connectivity index (χ3v) is 3.95. The summed E-state index contributed by atoms with van der Waals surface area (Å²) in [6, 6.07) is 0. The number of aliphatic hydroxyl groups is 1. The fourth-order valence-corrected chi connectivity index (χ4v) is 2.29. The lowest BCUT2D eigenvalue weighted by atomic mass is 9.77. The first-order chi connectivity index (χ1) is 9.31. The van der Waals surface area contributed by atoms with Gasteiger partial charge in [0.2, 0.25) is 0 Å². The number of hydrogen-bond donors (Lipinski definition) is 4. The summed E-state index contributed by atoms with van der Waals surface area (Å²) in [6.45, 7) is 8.23. The maximum absolute atomic E-state index is 9.60. The topological polar surface area (TPSA) is 96.1 Å². The lowest BCUT2D eigenvalue weighted by molar-refractivity contribution is 0.143. The van der Waals surface area contributed by atoms with Crippen molar-refractivity contribution < 1.29 is 5.11 Å². The molecule has 1 aromatic heterocycles. The van der Waals surface area contributed by atoms with Crippen LogP contribution in [0.15, 0.2) is 0 Å². The maximum Gasteiger partial charge on any atom is 0.148 e. The molecule has 0 amide bonds. The molecule has 1 fully saturated rings. The van der Waals surface area contributed by atoms with E-state index in [1.54, 1.807) is 0 Å². The first kappa shape index (κ1) is 15.0. The number of nitrogens with zero attached hydrogens (tertiary/aromatic N) is 2. The van der Waals surface area contributed by atoms with Crippen LogP contribution in [0.1, 0.15) is 51.4 Å². The second kappa shape index (κ2) is 5.18. The summed E-state index contributed by atoms with van der Waals surface area (Å²) in [4.78, 5) is 9.11. The Hall–Kier alpha value is -1.40. The number of nitrogen functional groups attached to an aromatic ring is 1. The second-order valence-corrected chi connectivity index (χ2v) is 6.68. The molecule has 2 rings (SSSR count). The molecular weight excluding hydrogens is 254 g/mol. The van der Waals surface area contributed by atoms with E-state index >= 15 is 0 Å². The van der Waals surface area contributed by atoms with E-state index in [-0.39, 0.29) is 17.6 Å². The molecule has 0 saturated heterocycles. The Balaban J connectivity index is 2.40. The molecule has 6 heteroatoms. The highest BCUT2D eigenvalue weighted by molar-refractivity contribution is 5.58. The molecule has 112 valence electrons. The zero-order valence-electron chi connectivity index (χ0n) is 12.7. The normalized spacial score (nSPS) is 17.5. The van der Waals surface area contributed by atoms with Gasteiger partial charge in [0.1, 0.15) is 17.5 Å². The monoisotopic (exact) mass is 279 g/mol. The van der Waals surface area contributed by atoms with E-state index in [0.29, 0.717) is 5.82 Å². The van der Waals surface area contributed by atoms with Crippen molar-refractivity contribution in [3.8, 4) is 0 Å². The highest BCUT2D eigenvalue weighted by Crippen LogP contribution is 2.36. The summed E-state index contributed by atoms with van der Waals surface area (Å²) in [7, 11) is 0. The molecule has 1 aromatic rings. The van der Waals surface area contributed by atoms with Crippen LogP contribution in [0.3, 0.4) is 0 Å². The van der Waals surface area contributed by atoms with E-state index < -0.39 is 0 Å². The summed E-state index contributed by atoms with van der Waals surface area (Å²) in [5, 5.41) is 13.0. The largest absolute Gasteiger partial charge is 0.394 e. The molecule has 5 N–H and O–H groups in total. The van der Waals surface area contributed by atoms with Crippen molar-refractivity contribution in [1.82, 2.24) is 9.97 Å². The third-order valence-electron chi connectivity index (χ3n) is 3.95. The number of aromatic nitrogens is 2. The van der Waals surface area contributed by atoms with E-state index in [1.165, 1.54) is 0 Å². The Labute approximate surface area is 120 Å². The minimum Gasteiger partial charge on any atom is -0.394 e. The predicted molar refractivity (Wildman–Crippen MR) is 80.6 cm³/mol. The Morgan fingerprint density at radius 2 is 1.85 bits per heavy atom. The SMILES string of the molecule is Cc1c(NN)nc(C(C)(C)C)nc1NC1(CO)CCC1. The number of nitrogens with two attached hydrogens (primary N) is 1. The highest BCUT2D eigenvalue weighted by Gasteiger charge is 2.37. The third kappa shape index (κ3) is 2.71. The van der Waals surface area contributed by atoms with Crippen molar-refractivity contribution in [3.63, 3.8) is 0 Å². The average Bonchev–Trinajstić information content (AvgIpc) is 2.34. The van der Waals surface area contributed by atoms with Crippen LogP contribution in [-0.2, 0) is 5.41 Å². The van der Waals surface area contributed by atoms with Crippen LogP contribution in [-0.4, -0.2) is 27.2 Å². The maximum atomic E-state index is 9.60. The molecule has 1 aliphatic carbocycles. The van der Waals surface area contributed by atoms with Crippen molar-refractivity contribution in [3.05, 3.63) is 11.4 Å². The van der Waals surface area contributed by atoms with Crippen molar-refractivity contribution in [2.45, 2.75) is 57.9 Å². The minimum absolute atomic E-state index is 0.118. The van der Waals surface area contributed by atoms with Crippen molar-refractivity contribution in [1.29, 1.82) is 0 Å². The smallest absolute Gasteiger partial charge is 0.148 e. The number of rotatable bonds is 4. The zero-order chi connectivity index (χ0) is 15.0. The van der Waals surface area contributed by atoms with Crippen LogP contribution in [0.4, 0.5) is 11.6 Å². The molecule has 0 atom stereocenters. The van der Waals surface area contributed by atoms with E-state index in [1.807, 2.05) is 6.92 Å². The molecule has 0 bridgehead atoms. The van der Waals surface area contributed by atoms with Crippen LogP contribution in [0.5, 0.6) is 0 Å². The van der Waals surface area contributed by atoms with Crippen LogP contribution in [0.25, 0.3) is 0 Å². The molecule has 20 heavy (non-hydrogen) atoms. The van der Waals surface area contributed by atoms with Gasteiger partial charge in [0.25, 0.3) is 0 Å². The number of hydrazine groups is 1. The van der Waals surface area contributed by atoms with Gasteiger partial charge in [-0.2, -0.15) is 0 Å². The number of nitrogens with one attached hydrogen (secondary N) is 2. The molecule has 0 aromatic carbocycles. The summed E-state index contributed by atoms with van der Waals surface area (Å²) in [5.74, 6) is 7.67. The van der Waals surface area contributed by atoms with Crippen LogP contribution < -0.4 is 16.6 Å². The second-order valence-electron chi connectivity index (χ2n) is 6.68. The fraction of sp³-hybridized carbons (Fsp3) is 0.714. The lowest BCUT2D eigenvalue weighted by Crippen LogP contribution is -2.48. The Morgan fingerprint density at radius 1 is 1.25 bits per heavy atom. The number of aliphatic hydroxyl groups excluding tert-OH is 1. The first-order valence-electron chi connectivity index (χ1n) is 7.06. The van der Waals surface area contributed by atoms with Crippen LogP contribution in [0.2, 0.25) is 0 Å². The van der Waals surface area contributed by atoms with Gasteiger partial charge in [-0.15, -0.1) is 0 Å². The zero-order valence-corrected chi connectivity index (χ0v) is 12.7. The van der Waals surface area contributed by atoms with Crippen LogP contribution >= 0.6 is 0 Å². The van der Waals surface area contributed by atoms with Gasteiger partial charge in [0.15, 0.2) is 0 Å². The Bertz CT molecular complexity index is 486. The van der Waals surface area contributed by atoms with Gasteiger partial charge in [-0.1, -0.05) is 20.8 Å². The molecule has 6 nitrogen and oxygen atoms in total. The predicted octanol–water partition coefficient (Wildman–Crippen LogP) is 1.70. The highest BCUT2D eigenvalue weighted by atomic mass is 16.3. The van der Waals surface area contributed by atoms with Gasteiger partial charge in [-0.3, -0.25) is 0 Å². The quantitative estimate of drug-likeness (QED) is 0.495. The van der Waals surface area contributed by atoms with E-state index in [9.17, 15) is 5.11 Å². The van der Waals surface area contributed by atoms with Gasteiger partial charge >= 0.3 is 0 Å². The van der Waals surface area contributed by atoms with Crippen LogP contribution in [0, 0.1) is 6.92 Å². The molecule has 0 aliphatic heterocycles. The molecular formula is C14H25N5O. The van der Waals surface area contributed by atoms with E-state index in [0.717, 1.165) is 36.5 Å². The molecule has 0 spiro atoms. The number of hydrogen-bond acceptors (Lipinski definition) is 6. The Kier molecular flexibility index (Phi) is 3.88. The molecule has 1 heterocycles. The van der Waals surface area contributed by atoms with Gasteiger partial charge in [0, 0.05) is 11.0 Å². The summed E-state index contributed by atoms with van der Waals surface area (Å²) in [6.07, 6.45) is 3.05. The molecule has 1 aliphatic rings. The van der Waals surface area contributed by atoms with Crippen molar-refractivity contribution >= 4 is 11.6 Å². The Morgan fingerprint density at radius 3 is 2.25 bits per heavy atom. The number of anilines is 2. The van der Waals surface area contributed by atoms with Crippen molar-refractivity contribution in [2.75, 3.05) is 17.3 Å².